The molecule has 2 unspecified atom stereocenters. The second-order valence-corrected chi connectivity index (χ2v) is 7.52. The van der Waals surface area contributed by atoms with Crippen LogP contribution in [0.3, 0.4) is 0 Å². The molecule has 0 radical (unpaired) electrons. The molecule has 6 heteroatoms. The lowest BCUT2D eigenvalue weighted by molar-refractivity contribution is -0.155. The number of piperidine rings is 1. The van der Waals surface area contributed by atoms with Crippen molar-refractivity contribution >= 4 is 11.9 Å². The molecule has 0 bridgehead atoms. The van der Waals surface area contributed by atoms with Gasteiger partial charge in [-0.2, -0.15) is 0 Å². The van der Waals surface area contributed by atoms with Crippen LogP contribution in [-0.2, 0) is 14.3 Å². The minimum Gasteiger partial charge on any atom is -0.451 e. The van der Waals surface area contributed by atoms with Crippen molar-refractivity contribution in [3.63, 3.8) is 0 Å². The van der Waals surface area contributed by atoms with E-state index in [4.69, 9.17) is 4.74 Å². The van der Waals surface area contributed by atoms with E-state index < -0.39 is 11.9 Å². The quantitative estimate of drug-likeness (QED) is 0.743. The second-order valence-electron chi connectivity index (χ2n) is 7.52. The van der Waals surface area contributed by atoms with E-state index in [0.29, 0.717) is 30.8 Å². The predicted octanol–water partition coefficient (Wildman–Crippen LogP) is 3.50. The van der Waals surface area contributed by atoms with Gasteiger partial charge in [0.1, 0.15) is 5.82 Å². The van der Waals surface area contributed by atoms with Crippen LogP contribution in [0.2, 0.25) is 0 Å². The Morgan fingerprint density at radius 1 is 1.11 bits per heavy atom. The average Bonchev–Trinajstić information content (AvgIpc) is 3.57. The molecule has 4 rings (SSSR count). The average molecular weight is 382 g/mol. The van der Waals surface area contributed by atoms with Crippen LogP contribution in [0.4, 0.5) is 4.39 Å². The summed E-state index contributed by atoms with van der Waals surface area (Å²) in [6.45, 7) is 1.10. The summed E-state index contributed by atoms with van der Waals surface area (Å²) in [5, 5.41) is 0. The van der Waals surface area contributed by atoms with Gasteiger partial charge in [-0.05, 0) is 49.9 Å². The van der Waals surface area contributed by atoms with Crippen molar-refractivity contribution < 1.29 is 18.7 Å². The molecule has 1 aromatic heterocycles. The number of hydrogen-bond donors (Lipinski definition) is 0. The molecule has 1 saturated carbocycles. The maximum Gasteiger partial charge on any atom is 0.311 e. The summed E-state index contributed by atoms with van der Waals surface area (Å²) in [5.74, 6) is -0.829. The van der Waals surface area contributed by atoms with Crippen molar-refractivity contribution in [3.05, 3.63) is 65.7 Å². The van der Waals surface area contributed by atoms with Crippen LogP contribution in [0.5, 0.6) is 0 Å². The Morgan fingerprint density at radius 2 is 1.96 bits per heavy atom. The molecule has 2 aliphatic rings. The van der Waals surface area contributed by atoms with E-state index in [2.05, 4.69) is 4.98 Å². The highest BCUT2D eigenvalue weighted by Crippen LogP contribution is 2.33. The fraction of sp³-hybridized carbons (Fsp3) is 0.409. The Bertz CT molecular complexity index is 854. The van der Waals surface area contributed by atoms with E-state index in [9.17, 15) is 14.0 Å². The Kier molecular flexibility index (Phi) is 5.37. The summed E-state index contributed by atoms with van der Waals surface area (Å²) in [6.07, 6.45) is 4.21. The normalized spacial score (nSPS) is 20.5. The van der Waals surface area contributed by atoms with Gasteiger partial charge in [-0.1, -0.05) is 18.2 Å². The largest absolute Gasteiger partial charge is 0.451 e. The Morgan fingerprint density at radius 3 is 2.68 bits per heavy atom. The molecular weight excluding hydrogens is 359 g/mol. The molecule has 1 saturated heterocycles. The summed E-state index contributed by atoms with van der Waals surface area (Å²) in [7, 11) is 0. The molecule has 2 aromatic rings. The van der Waals surface area contributed by atoms with E-state index in [0.717, 1.165) is 19.3 Å². The lowest BCUT2D eigenvalue weighted by atomic mass is 9.97. The van der Waals surface area contributed by atoms with Crippen LogP contribution >= 0.6 is 0 Å². The Hall–Kier alpha value is -2.76. The molecule has 2 fully saturated rings. The van der Waals surface area contributed by atoms with E-state index in [1.807, 2.05) is 0 Å². The lowest BCUT2D eigenvalue weighted by Gasteiger charge is -2.32. The summed E-state index contributed by atoms with van der Waals surface area (Å²) in [4.78, 5) is 31.4. The van der Waals surface area contributed by atoms with Crippen molar-refractivity contribution in [2.75, 3.05) is 13.1 Å². The molecule has 1 amide bonds. The Balaban J connectivity index is 1.51. The first kappa shape index (κ1) is 18.6. The maximum absolute atomic E-state index is 13.8. The maximum atomic E-state index is 13.8. The van der Waals surface area contributed by atoms with Crippen LogP contribution in [0, 0.1) is 17.7 Å². The first-order valence-electron chi connectivity index (χ1n) is 9.77. The van der Waals surface area contributed by atoms with Gasteiger partial charge < -0.3 is 9.64 Å². The van der Waals surface area contributed by atoms with Crippen LogP contribution in [0.25, 0.3) is 0 Å². The van der Waals surface area contributed by atoms with Gasteiger partial charge in [-0.25, -0.2) is 4.39 Å². The van der Waals surface area contributed by atoms with Crippen molar-refractivity contribution in [3.8, 4) is 0 Å². The number of rotatable bonds is 5. The number of esters is 1. The van der Waals surface area contributed by atoms with Gasteiger partial charge in [0.05, 0.1) is 11.6 Å². The molecule has 0 N–H and O–H groups in total. The minimum atomic E-state index is -0.779. The van der Waals surface area contributed by atoms with E-state index >= 15 is 0 Å². The van der Waals surface area contributed by atoms with Crippen molar-refractivity contribution in [2.24, 2.45) is 11.8 Å². The minimum absolute atomic E-state index is 0.142. The molecule has 1 aliphatic heterocycles. The molecule has 1 aromatic carbocycles. The summed E-state index contributed by atoms with van der Waals surface area (Å²) >= 11 is 0. The van der Waals surface area contributed by atoms with Crippen molar-refractivity contribution in [2.45, 2.75) is 31.8 Å². The fourth-order valence-corrected chi connectivity index (χ4v) is 3.67. The number of likely N-dealkylation sites (tertiary alicyclic amines) is 1. The number of carbonyl (C=O) groups excluding carboxylic acids is 2. The van der Waals surface area contributed by atoms with Crippen LogP contribution < -0.4 is 0 Å². The number of amides is 1. The van der Waals surface area contributed by atoms with Gasteiger partial charge in [-0.3, -0.25) is 14.6 Å². The number of pyridine rings is 1. The van der Waals surface area contributed by atoms with E-state index in [-0.39, 0.29) is 23.7 Å². The van der Waals surface area contributed by atoms with Gasteiger partial charge >= 0.3 is 5.97 Å². The third-order valence-corrected chi connectivity index (χ3v) is 5.33. The molecule has 2 atom stereocenters. The van der Waals surface area contributed by atoms with Crippen LogP contribution in [-0.4, -0.2) is 34.8 Å². The molecule has 28 heavy (non-hydrogen) atoms. The number of aromatic nitrogens is 1. The zero-order valence-electron chi connectivity index (χ0n) is 15.6. The zero-order valence-corrected chi connectivity index (χ0v) is 15.6. The third kappa shape index (κ3) is 4.21. The predicted molar refractivity (Wildman–Crippen MR) is 101 cm³/mol. The van der Waals surface area contributed by atoms with E-state index in [1.165, 1.54) is 12.1 Å². The van der Waals surface area contributed by atoms with Gasteiger partial charge in [0.2, 0.25) is 5.91 Å². The van der Waals surface area contributed by atoms with E-state index in [1.54, 1.807) is 41.4 Å². The smallest absolute Gasteiger partial charge is 0.311 e. The molecule has 1 aliphatic carbocycles. The summed E-state index contributed by atoms with van der Waals surface area (Å²) < 4.78 is 19.6. The summed E-state index contributed by atoms with van der Waals surface area (Å²) in [5.41, 5.74) is 1.08. The second kappa shape index (κ2) is 8.09. The zero-order chi connectivity index (χ0) is 19.5. The van der Waals surface area contributed by atoms with Gasteiger partial charge in [0, 0.05) is 30.8 Å². The monoisotopic (exact) mass is 382 g/mol. The molecule has 146 valence electrons. The van der Waals surface area contributed by atoms with Gasteiger partial charge in [0.15, 0.2) is 6.10 Å². The molecule has 0 spiro atoms. The fourth-order valence-electron chi connectivity index (χ4n) is 3.67. The number of nitrogens with zero attached hydrogens (tertiary/aromatic N) is 2. The van der Waals surface area contributed by atoms with Crippen molar-refractivity contribution in [1.29, 1.82) is 0 Å². The SMILES string of the molecule is O=C(OC(c1cccc(F)c1)c1ccccn1)C1CCCN(C(=O)C2CC2)C1. The highest BCUT2D eigenvalue weighted by atomic mass is 19.1. The number of halogens is 1. The first-order valence-corrected chi connectivity index (χ1v) is 9.77. The summed E-state index contributed by atoms with van der Waals surface area (Å²) in [6, 6.07) is 11.4. The van der Waals surface area contributed by atoms with Crippen LogP contribution in [0.1, 0.15) is 43.0 Å². The third-order valence-electron chi connectivity index (χ3n) is 5.33. The number of benzene rings is 1. The highest BCUT2D eigenvalue weighted by Gasteiger charge is 2.37. The number of ether oxygens (including phenoxy) is 1. The Labute approximate surface area is 163 Å². The number of carbonyl (C=O) groups is 2. The number of hydrogen-bond acceptors (Lipinski definition) is 4. The van der Waals surface area contributed by atoms with Crippen LogP contribution in [0.15, 0.2) is 48.7 Å². The molecule has 2 heterocycles. The highest BCUT2D eigenvalue weighted by molar-refractivity contribution is 5.82. The topological polar surface area (TPSA) is 59.5 Å². The molecule has 5 nitrogen and oxygen atoms in total. The first-order chi connectivity index (χ1) is 13.6. The lowest BCUT2D eigenvalue weighted by Crippen LogP contribution is -2.43. The van der Waals surface area contributed by atoms with Gasteiger partial charge in [-0.15, -0.1) is 0 Å². The van der Waals surface area contributed by atoms with Gasteiger partial charge in [0.25, 0.3) is 0 Å². The standard InChI is InChI=1S/C22H23FN2O3/c23-18-7-3-5-16(13-18)20(19-8-1-2-11-24-19)28-22(27)17-6-4-12-25(14-17)21(26)15-9-10-15/h1-3,5,7-8,11,13,15,17,20H,4,6,9-10,12,14H2. The molecular formula is C22H23FN2O3. The van der Waals surface area contributed by atoms with Crippen molar-refractivity contribution in [1.82, 2.24) is 9.88 Å².